The highest BCUT2D eigenvalue weighted by atomic mass is 32.2. The maximum Gasteiger partial charge on any atom is 0.239 e. The van der Waals surface area contributed by atoms with E-state index < -0.39 is 5.54 Å². The van der Waals surface area contributed by atoms with Gasteiger partial charge in [0.15, 0.2) is 0 Å². The van der Waals surface area contributed by atoms with Crippen molar-refractivity contribution in [3.05, 3.63) is 0 Å². The molecule has 0 aromatic carbocycles. The van der Waals surface area contributed by atoms with E-state index in [4.69, 9.17) is 5.73 Å². The number of carbonyl (C=O) groups excluding carboxylic acids is 1. The summed E-state index contributed by atoms with van der Waals surface area (Å²) in [5, 5.41) is 3.05. The summed E-state index contributed by atoms with van der Waals surface area (Å²) in [6.07, 6.45) is 9.14. The Morgan fingerprint density at radius 1 is 1.41 bits per heavy atom. The van der Waals surface area contributed by atoms with E-state index in [9.17, 15) is 4.79 Å². The van der Waals surface area contributed by atoms with Gasteiger partial charge in [-0.15, -0.1) is 0 Å². The van der Waals surface area contributed by atoms with Crippen molar-refractivity contribution in [2.24, 2.45) is 5.73 Å². The monoisotopic (exact) mass is 258 g/mol. The highest BCUT2D eigenvalue weighted by Crippen LogP contribution is 2.37. The molecule has 17 heavy (non-hydrogen) atoms. The molecule has 0 aliphatic heterocycles. The Morgan fingerprint density at radius 2 is 2.00 bits per heavy atom. The molecule has 3 N–H and O–H groups in total. The van der Waals surface area contributed by atoms with Crippen molar-refractivity contribution in [1.82, 2.24) is 5.32 Å². The summed E-state index contributed by atoms with van der Waals surface area (Å²) in [7, 11) is 0. The number of nitrogens with two attached hydrogens (primary N) is 1. The summed E-state index contributed by atoms with van der Waals surface area (Å²) in [5.74, 6) is -0.0148. The van der Waals surface area contributed by atoms with E-state index in [1.54, 1.807) is 6.92 Å². The van der Waals surface area contributed by atoms with E-state index in [1.807, 2.05) is 18.7 Å². The van der Waals surface area contributed by atoms with Gasteiger partial charge in [-0.25, -0.2) is 0 Å². The van der Waals surface area contributed by atoms with Gasteiger partial charge in [-0.1, -0.05) is 26.2 Å². The fourth-order valence-corrected chi connectivity index (χ4v) is 3.17. The van der Waals surface area contributed by atoms with Gasteiger partial charge in [-0.05, 0) is 32.4 Å². The molecule has 0 saturated heterocycles. The molecule has 0 radical (unpaired) electrons. The van der Waals surface area contributed by atoms with Crippen LogP contribution in [-0.2, 0) is 4.79 Å². The molecule has 1 amide bonds. The topological polar surface area (TPSA) is 55.1 Å². The number of hydrogen-bond acceptors (Lipinski definition) is 3. The van der Waals surface area contributed by atoms with E-state index in [1.165, 1.54) is 32.1 Å². The molecular formula is C13H26N2OS. The van der Waals surface area contributed by atoms with Crippen LogP contribution in [0.4, 0.5) is 0 Å². The first kappa shape index (κ1) is 14.8. The summed E-state index contributed by atoms with van der Waals surface area (Å²) < 4.78 is 0.248. The van der Waals surface area contributed by atoms with Crippen LogP contribution in [0.15, 0.2) is 0 Å². The average molecular weight is 258 g/mol. The van der Waals surface area contributed by atoms with Crippen LogP contribution in [-0.4, -0.2) is 29.0 Å². The Kier molecular flexibility index (Phi) is 5.32. The van der Waals surface area contributed by atoms with Crippen molar-refractivity contribution in [1.29, 1.82) is 0 Å². The van der Waals surface area contributed by atoms with Gasteiger partial charge in [-0.3, -0.25) is 4.79 Å². The smallest absolute Gasteiger partial charge is 0.239 e. The van der Waals surface area contributed by atoms with E-state index in [2.05, 4.69) is 11.6 Å². The Morgan fingerprint density at radius 3 is 2.47 bits per heavy atom. The predicted molar refractivity (Wildman–Crippen MR) is 75.2 cm³/mol. The number of amides is 1. The molecule has 0 spiro atoms. The minimum Gasteiger partial charge on any atom is -0.353 e. The largest absolute Gasteiger partial charge is 0.353 e. The number of carbonyl (C=O) groups is 1. The summed E-state index contributed by atoms with van der Waals surface area (Å²) in [4.78, 5) is 12.0. The number of hydrogen-bond donors (Lipinski definition) is 2. The lowest BCUT2D eigenvalue weighted by Crippen LogP contribution is -2.54. The molecule has 0 heterocycles. The summed E-state index contributed by atoms with van der Waals surface area (Å²) in [6.45, 7) is 4.51. The summed E-state index contributed by atoms with van der Waals surface area (Å²) >= 11 is 1.90. The third-order valence-electron chi connectivity index (χ3n) is 4.02. The minimum atomic E-state index is -0.728. The molecule has 3 nitrogen and oxygen atoms in total. The molecule has 0 aromatic rings. The lowest BCUT2D eigenvalue weighted by molar-refractivity contribution is -0.126. The standard InChI is InChI=1S/C13H26N2OS/c1-4-12(2,14)11(16)15-10-13(17-3)8-6-5-7-9-13/h4-10,14H2,1-3H3,(H,15,16). The molecular weight excluding hydrogens is 232 g/mol. The maximum atomic E-state index is 12.0. The normalized spacial score (nSPS) is 22.8. The molecule has 1 saturated carbocycles. The third-order valence-corrected chi connectivity index (χ3v) is 5.44. The molecule has 100 valence electrons. The van der Waals surface area contributed by atoms with Crippen molar-refractivity contribution >= 4 is 17.7 Å². The maximum absolute atomic E-state index is 12.0. The molecule has 1 rings (SSSR count). The predicted octanol–water partition coefficient (Wildman–Crippen LogP) is 2.30. The number of thioether (sulfide) groups is 1. The second-order valence-electron chi connectivity index (χ2n) is 5.40. The van der Waals surface area contributed by atoms with Crippen molar-refractivity contribution in [2.75, 3.05) is 12.8 Å². The van der Waals surface area contributed by atoms with E-state index >= 15 is 0 Å². The first-order valence-corrected chi connectivity index (χ1v) is 7.80. The van der Waals surface area contributed by atoms with Gasteiger partial charge in [0, 0.05) is 11.3 Å². The van der Waals surface area contributed by atoms with Crippen LogP contribution in [0.25, 0.3) is 0 Å². The fraction of sp³-hybridized carbons (Fsp3) is 0.923. The number of nitrogens with one attached hydrogen (secondary N) is 1. The third kappa shape index (κ3) is 3.88. The molecule has 1 fully saturated rings. The first-order valence-electron chi connectivity index (χ1n) is 6.58. The molecule has 1 unspecified atom stereocenters. The summed E-state index contributed by atoms with van der Waals surface area (Å²) in [6, 6.07) is 0. The fourth-order valence-electron chi connectivity index (χ4n) is 2.25. The van der Waals surface area contributed by atoms with Crippen molar-refractivity contribution in [3.8, 4) is 0 Å². The van der Waals surface area contributed by atoms with Gasteiger partial charge in [-0.2, -0.15) is 11.8 Å². The second kappa shape index (κ2) is 6.10. The van der Waals surface area contributed by atoms with E-state index in [-0.39, 0.29) is 10.7 Å². The van der Waals surface area contributed by atoms with Crippen LogP contribution in [0.1, 0.15) is 52.4 Å². The molecule has 1 aliphatic rings. The summed E-state index contributed by atoms with van der Waals surface area (Å²) in [5.41, 5.74) is 5.21. The van der Waals surface area contributed by atoms with E-state index in [0.717, 1.165) is 6.54 Å². The molecule has 0 aromatic heterocycles. The Balaban J connectivity index is 2.50. The van der Waals surface area contributed by atoms with Gasteiger partial charge < -0.3 is 11.1 Å². The van der Waals surface area contributed by atoms with Crippen LogP contribution in [0, 0.1) is 0 Å². The van der Waals surface area contributed by atoms with Crippen molar-refractivity contribution < 1.29 is 4.79 Å². The lowest BCUT2D eigenvalue weighted by atomic mass is 9.88. The van der Waals surface area contributed by atoms with Gasteiger partial charge in [0.05, 0.1) is 5.54 Å². The van der Waals surface area contributed by atoms with Crippen LogP contribution in [0.3, 0.4) is 0 Å². The molecule has 0 bridgehead atoms. The zero-order valence-electron chi connectivity index (χ0n) is 11.3. The molecule has 1 aliphatic carbocycles. The number of rotatable bonds is 5. The van der Waals surface area contributed by atoms with Gasteiger partial charge in [0.1, 0.15) is 0 Å². The Bertz CT molecular complexity index is 260. The van der Waals surface area contributed by atoms with Crippen LogP contribution in [0.2, 0.25) is 0 Å². The van der Waals surface area contributed by atoms with Crippen molar-refractivity contribution in [2.45, 2.75) is 62.7 Å². The minimum absolute atomic E-state index is 0.0148. The highest BCUT2D eigenvalue weighted by molar-refractivity contribution is 8.00. The van der Waals surface area contributed by atoms with Gasteiger partial charge >= 0.3 is 0 Å². The average Bonchev–Trinajstić information content (AvgIpc) is 2.37. The highest BCUT2D eigenvalue weighted by Gasteiger charge is 2.33. The first-order chi connectivity index (χ1) is 7.96. The van der Waals surface area contributed by atoms with Crippen LogP contribution < -0.4 is 11.1 Å². The zero-order chi connectivity index (χ0) is 12.9. The second-order valence-corrected chi connectivity index (χ2v) is 6.68. The quantitative estimate of drug-likeness (QED) is 0.795. The molecule has 1 atom stereocenters. The Labute approximate surface area is 109 Å². The van der Waals surface area contributed by atoms with Gasteiger partial charge in [0.25, 0.3) is 0 Å². The Hall–Kier alpha value is -0.220. The van der Waals surface area contributed by atoms with Crippen LogP contribution in [0.5, 0.6) is 0 Å². The molecule has 4 heteroatoms. The SMILES string of the molecule is CCC(C)(N)C(=O)NCC1(SC)CCCCC1. The van der Waals surface area contributed by atoms with Crippen molar-refractivity contribution in [3.63, 3.8) is 0 Å². The zero-order valence-corrected chi connectivity index (χ0v) is 12.2. The van der Waals surface area contributed by atoms with Gasteiger partial charge in [0.2, 0.25) is 5.91 Å². The lowest BCUT2D eigenvalue weighted by Gasteiger charge is -2.36. The van der Waals surface area contributed by atoms with Crippen LogP contribution >= 0.6 is 11.8 Å². The van der Waals surface area contributed by atoms with E-state index in [0.29, 0.717) is 6.42 Å².